The average Bonchev–Trinajstić information content (AvgIpc) is 2.31. The Morgan fingerprint density at radius 2 is 1.88 bits per heavy atom. The zero-order chi connectivity index (χ0) is 11.7. The summed E-state index contributed by atoms with van der Waals surface area (Å²) in [6.07, 6.45) is 4.87. The van der Waals surface area contributed by atoms with Crippen molar-refractivity contribution in [2.24, 2.45) is 5.41 Å². The number of para-hydroxylation sites is 1. The molecule has 1 saturated heterocycles. The Bertz CT molecular complexity index is 393. The van der Waals surface area contributed by atoms with Gasteiger partial charge in [-0.3, -0.25) is 0 Å². The Balaban J connectivity index is 1.58. The Morgan fingerprint density at radius 1 is 1.18 bits per heavy atom. The highest BCUT2D eigenvalue weighted by Gasteiger charge is 2.45. The highest BCUT2D eigenvalue weighted by atomic mass is 19.1. The third-order valence-electron chi connectivity index (χ3n) is 4.12. The predicted molar refractivity (Wildman–Crippen MR) is 64.6 cm³/mol. The van der Waals surface area contributed by atoms with Crippen molar-refractivity contribution in [3.8, 4) is 5.75 Å². The number of halogens is 1. The second-order valence-electron chi connectivity index (χ2n) is 5.33. The molecule has 1 aliphatic carbocycles. The van der Waals surface area contributed by atoms with Crippen molar-refractivity contribution in [2.75, 3.05) is 13.1 Å². The fourth-order valence-corrected chi connectivity index (χ4v) is 3.07. The first kappa shape index (κ1) is 11.0. The van der Waals surface area contributed by atoms with Gasteiger partial charge in [-0.25, -0.2) is 4.39 Å². The number of benzene rings is 1. The number of nitrogens with one attached hydrogen (secondary N) is 1. The van der Waals surface area contributed by atoms with E-state index in [2.05, 4.69) is 5.32 Å². The van der Waals surface area contributed by atoms with Crippen molar-refractivity contribution < 1.29 is 9.13 Å². The second-order valence-corrected chi connectivity index (χ2v) is 5.33. The summed E-state index contributed by atoms with van der Waals surface area (Å²) in [6.45, 7) is 2.23. The maximum Gasteiger partial charge on any atom is 0.165 e. The van der Waals surface area contributed by atoms with E-state index in [0.29, 0.717) is 11.2 Å². The largest absolute Gasteiger partial charge is 0.487 e. The van der Waals surface area contributed by atoms with Crippen LogP contribution in [0.5, 0.6) is 5.75 Å². The van der Waals surface area contributed by atoms with Crippen LogP contribution in [0.15, 0.2) is 24.3 Å². The van der Waals surface area contributed by atoms with E-state index in [0.717, 1.165) is 25.9 Å². The fraction of sp³-hybridized carbons (Fsp3) is 0.571. The molecule has 3 rings (SSSR count). The van der Waals surface area contributed by atoms with E-state index in [4.69, 9.17) is 4.74 Å². The molecule has 1 aromatic carbocycles. The quantitative estimate of drug-likeness (QED) is 0.851. The molecule has 1 saturated carbocycles. The molecule has 0 atom stereocenters. The molecule has 0 bridgehead atoms. The highest BCUT2D eigenvalue weighted by molar-refractivity contribution is 5.24. The summed E-state index contributed by atoms with van der Waals surface area (Å²) in [5.41, 5.74) is 0.487. The van der Waals surface area contributed by atoms with Gasteiger partial charge < -0.3 is 10.1 Å². The highest BCUT2D eigenvalue weighted by Crippen LogP contribution is 2.49. The first-order valence-corrected chi connectivity index (χ1v) is 6.39. The second kappa shape index (κ2) is 4.30. The van der Waals surface area contributed by atoms with Crippen LogP contribution in [0, 0.1) is 11.2 Å². The zero-order valence-corrected chi connectivity index (χ0v) is 9.92. The van der Waals surface area contributed by atoms with E-state index in [-0.39, 0.29) is 11.9 Å². The molecule has 0 aromatic heterocycles. The minimum Gasteiger partial charge on any atom is -0.487 e. The molecule has 1 aliphatic heterocycles. The number of piperidine rings is 1. The van der Waals surface area contributed by atoms with Crippen molar-refractivity contribution in [1.82, 2.24) is 5.32 Å². The Labute approximate surface area is 101 Å². The Kier molecular flexibility index (Phi) is 2.79. The Morgan fingerprint density at radius 3 is 2.59 bits per heavy atom. The molecule has 0 radical (unpaired) electrons. The van der Waals surface area contributed by atoms with Crippen LogP contribution in [0.3, 0.4) is 0 Å². The van der Waals surface area contributed by atoms with Crippen LogP contribution < -0.4 is 10.1 Å². The molecular formula is C14H18FNO. The summed E-state index contributed by atoms with van der Waals surface area (Å²) in [5, 5.41) is 3.38. The van der Waals surface area contributed by atoms with Crippen LogP contribution in [0.25, 0.3) is 0 Å². The SMILES string of the molecule is Fc1ccccc1OC1CC2(CCNCC2)C1. The maximum atomic E-state index is 13.4. The van der Waals surface area contributed by atoms with Crippen LogP contribution in [0.1, 0.15) is 25.7 Å². The van der Waals surface area contributed by atoms with E-state index in [1.165, 1.54) is 18.9 Å². The van der Waals surface area contributed by atoms with Gasteiger partial charge in [0.15, 0.2) is 11.6 Å². The summed E-state index contributed by atoms with van der Waals surface area (Å²) >= 11 is 0. The first-order chi connectivity index (χ1) is 8.27. The van der Waals surface area contributed by atoms with Gasteiger partial charge in [0.2, 0.25) is 0 Å². The van der Waals surface area contributed by atoms with Gasteiger partial charge in [0.1, 0.15) is 0 Å². The predicted octanol–water partition coefficient (Wildman–Crippen LogP) is 2.74. The van der Waals surface area contributed by atoms with Gasteiger partial charge in [0.25, 0.3) is 0 Å². The molecule has 2 fully saturated rings. The summed E-state index contributed by atoms with van der Waals surface area (Å²) in [5.74, 6) is 0.153. The van der Waals surface area contributed by atoms with Gasteiger partial charge in [-0.1, -0.05) is 12.1 Å². The molecule has 0 amide bonds. The van der Waals surface area contributed by atoms with E-state index < -0.39 is 0 Å². The first-order valence-electron chi connectivity index (χ1n) is 6.39. The van der Waals surface area contributed by atoms with E-state index >= 15 is 0 Å². The Hall–Kier alpha value is -1.09. The third-order valence-corrected chi connectivity index (χ3v) is 4.12. The van der Waals surface area contributed by atoms with Gasteiger partial charge in [0, 0.05) is 0 Å². The molecule has 17 heavy (non-hydrogen) atoms. The average molecular weight is 235 g/mol. The van der Waals surface area contributed by atoms with Crippen LogP contribution in [-0.4, -0.2) is 19.2 Å². The molecule has 1 spiro atoms. The molecule has 3 heteroatoms. The number of rotatable bonds is 2. The van der Waals surface area contributed by atoms with Crippen molar-refractivity contribution in [1.29, 1.82) is 0 Å². The number of hydrogen-bond donors (Lipinski definition) is 1. The van der Waals surface area contributed by atoms with Gasteiger partial charge in [-0.15, -0.1) is 0 Å². The van der Waals surface area contributed by atoms with Gasteiger partial charge >= 0.3 is 0 Å². The van der Waals surface area contributed by atoms with Crippen LogP contribution in [0.2, 0.25) is 0 Å². The van der Waals surface area contributed by atoms with E-state index in [1.807, 2.05) is 6.07 Å². The summed E-state index contributed by atoms with van der Waals surface area (Å²) in [4.78, 5) is 0. The van der Waals surface area contributed by atoms with Crippen molar-refractivity contribution in [3.05, 3.63) is 30.1 Å². The zero-order valence-electron chi connectivity index (χ0n) is 9.92. The van der Waals surface area contributed by atoms with Crippen molar-refractivity contribution >= 4 is 0 Å². The summed E-state index contributed by atoms with van der Waals surface area (Å²) in [7, 11) is 0. The lowest BCUT2D eigenvalue weighted by atomic mass is 9.62. The molecule has 1 heterocycles. The van der Waals surface area contributed by atoms with Crippen LogP contribution in [0.4, 0.5) is 4.39 Å². The topological polar surface area (TPSA) is 21.3 Å². The maximum absolute atomic E-state index is 13.4. The molecule has 92 valence electrons. The van der Waals surface area contributed by atoms with Gasteiger partial charge in [-0.2, -0.15) is 0 Å². The van der Waals surface area contributed by atoms with Crippen LogP contribution in [-0.2, 0) is 0 Å². The molecule has 2 aliphatic rings. The number of ether oxygens (including phenoxy) is 1. The summed E-state index contributed by atoms with van der Waals surface area (Å²) < 4.78 is 19.1. The lowest BCUT2D eigenvalue weighted by molar-refractivity contribution is -0.0363. The van der Waals surface area contributed by atoms with Gasteiger partial charge in [0.05, 0.1) is 6.10 Å². The smallest absolute Gasteiger partial charge is 0.165 e. The van der Waals surface area contributed by atoms with Crippen molar-refractivity contribution in [3.63, 3.8) is 0 Å². The molecule has 1 aromatic rings. The molecule has 2 nitrogen and oxygen atoms in total. The van der Waals surface area contributed by atoms with Gasteiger partial charge in [-0.05, 0) is 56.3 Å². The molecule has 0 unspecified atom stereocenters. The fourth-order valence-electron chi connectivity index (χ4n) is 3.07. The monoisotopic (exact) mass is 235 g/mol. The van der Waals surface area contributed by atoms with Crippen LogP contribution >= 0.6 is 0 Å². The third kappa shape index (κ3) is 2.16. The lowest BCUT2D eigenvalue weighted by Gasteiger charge is -2.49. The normalized spacial score (nSPS) is 23.4. The van der Waals surface area contributed by atoms with Crippen molar-refractivity contribution in [2.45, 2.75) is 31.8 Å². The molecular weight excluding hydrogens is 217 g/mol. The summed E-state index contributed by atoms with van der Waals surface area (Å²) in [6, 6.07) is 6.67. The minimum atomic E-state index is -0.251. The number of hydrogen-bond acceptors (Lipinski definition) is 2. The standard InChI is InChI=1S/C14H18FNO/c15-12-3-1-2-4-13(12)17-11-9-14(10-11)5-7-16-8-6-14/h1-4,11,16H,5-10H2. The molecule has 1 N–H and O–H groups in total. The minimum absolute atomic E-state index is 0.213. The lowest BCUT2D eigenvalue weighted by Crippen LogP contribution is -2.49. The van der Waals surface area contributed by atoms with E-state index in [9.17, 15) is 4.39 Å². The van der Waals surface area contributed by atoms with E-state index in [1.54, 1.807) is 12.1 Å².